The van der Waals surface area contributed by atoms with Crippen LogP contribution in [0, 0.1) is 0 Å². The fraction of sp³-hybridized carbons (Fsp3) is 0.571. The van der Waals surface area contributed by atoms with Crippen molar-refractivity contribution in [3.05, 3.63) is 34.2 Å². The molecule has 30 heavy (non-hydrogen) atoms. The Morgan fingerprint density at radius 1 is 1.17 bits per heavy atom. The topological polar surface area (TPSA) is 139 Å². The average Bonchev–Trinajstić information content (AvgIpc) is 3.12. The molecule has 0 radical (unpaired) electrons. The van der Waals surface area contributed by atoms with Gasteiger partial charge in [-0.15, -0.1) is 0 Å². The van der Waals surface area contributed by atoms with E-state index in [2.05, 4.69) is 0 Å². The maximum atomic E-state index is 11.9. The van der Waals surface area contributed by atoms with E-state index in [9.17, 15) is 25.2 Å². The lowest BCUT2D eigenvalue weighted by Gasteiger charge is -2.40. The van der Waals surface area contributed by atoms with Gasteiger partial charge in [0, 0.05) is 23.4 Å². The second-order valence-electron chi connectivity index (χ2n) is 8.37. The SMILES string of the molecule is CC[C@H]1O[C@@H](Oc2c3c(cc4ccc(=O)oc24)C[C@H](C(C)(C)O)O3)[C@H](O)[C@@H](O)[C@@H]1O. The summed E-state index contributed by atoms with van der Waals surface area (Å²) in [5.41, 5.74) is -0.910. The molecule has 2 aliphatic heterocycles. The Labute approximate surface area is 172 Å². The second kappa shape index (κ2) is 7.51. The second-order valence-corrected chi connectivity index (χ2v) is 8.37. The van der Waals surface area contributed by atoms with Gasteiger partial charge in [0.05, 0.1) is 11.7 Å². The predicted octanol–water partition coefficient (Wildman–Crippen LogP) is 0.464. The Balaban J connectivity index is 1.78. The van der Waals surface area contributed by atoms with Crippen molar-refractivity contribution < 1.29 is 39.1 Å². The van der Waals surface area contributed by atoms with Gasteiger partial charge in [-0.1, -0.05) is 6.92 Å². The summed E-state index contributed by atoms with van der Waals surface area (Å²) in [7, 11) is 0. The molecule has 0 spiro atoms. The number of rotatable bonds is 4. The van der Waals surface area contributed by atoms with Crippen LogP contribution in [0.25, 0.3) is 11.0 Å². The van der Waals surface area contributed by atoms with Gasteiger partial charge in [-0.3, -0.25) is 0 Å². The molecule has 4 rings (SSSR count). The van der Waals surface area contributed by atoms with Crippen LogP contribution >= 0.6 is 0 Å². The number of benzene rings is 1. The molecule has 0 bridgehead atoms. The quantitative estimate of drug-likeness (QED) is 0.518. The summed E-state index contributed by atoms with van der Waals surface area (Å²) in [6.07, 6.45) is -6.17. The summed E-state index contributed by atoms with van der Waals surface area (Å²) in [6, 6.07) is 4.65. The summed E-state index contributed by atoms with van der Waals surface area (Å²) < 4.78 is 22.9. The lowest BCUT2D eigenvalue weighted by molar-refractivity contribution is -0.272. The van der Waals surface area contributed by atoms with E-state index in [1.807, 2.05) is 0 Å². The van der Waals surface area contributed by atoms with Crippen LogP contribution in [0.5, 0.6) is 11.5 Å². The summed E-state index contributed by atoms with van der Waals surface area (Å²) in [5.74, 6) is 0.308. The number of fused-ring (bicyclic) bond motifs is 2. The zero-order valence-electron chi connectivity index (χ0n) is 16.9. The van der Waals surface area contributed by atoms with E-state index in [0.717, 1.165) is 5.56 Å². The van der Waals surface area contributed by atoms with Crippen molar-refractivity contribution in [2.45, 2.75) is 76.0 Å². The van der Waals surface area contributed by atoms with Crippen LogP contribution in [-0.4, -0.2) is 62.8 Å². The first-order valence-electron chi connectivity index (χ1n) is 9.95. The highest BCUT2D eigenvalue weighted by atomic mass is 16.7. The standard InChI is InChI=1S/C21H26O9/c1-4-11-14(23)15(24)16(25)20(27-11)30-19-17-9(5-6-13(22)29-17)7-10-8-12(21(2,3)26)28-18(10)19/h5-7,11-12,14-16,20,23-26H,4,8H2,1-3H3/t11-,12-,14-,15+,16-,20+/m1/s1. The Hall–Kier alpha value is -2.17. The van der Waals surface area contributed by atoms with Crippen molar-refractivity contribution >= 4 is 11.0 Å². The highest BCUT2D eigenvalue weighted by Gasteiger charge is 2.45. The third-order valence-corrected chi connectivity index (χ3v) is 5.66. The third-order valence-electron chi connectivity index (χ3n) is 5.66. The Morgan fingerprint density at radius 3 is 2.57 bits per heavy atom. The van der Waals surface area contributed by atoms with Gasteiger partial charge in [0.2, 0.25) is 12.0 Å². The zero-order valence-corrected chi connectivity index (χ0v) is 16.9. The van der Waals surface area contributed by atoms with Gasteiger partial charge in [0.25, 0.3) is 0 Å². The molecular weight excluding hydrogens is 396 g/mol. The Morgan fingerprint density at radius 2 is 1.90 bits per heavy atom. The van der Waals surface area contributed by atoms with Crippen LogP contribution < -0.4 is 15.1 Å². The fourth-order valence-electron chi connectivity index (χ4n) is 3.85. The van der Waals surface area contributed by atoms with Crippen LogP contribution in [0.2, 0.25) is 0 Å². The summed E-state index contributed by atoms with van der Waals surface area (Å²) in [5, 5.41) is 41.6. The molecule has 1 fully saturated rings. The smallest absolute Gasteiger partial charge is 0.336 e. The largest absolute Gasteiger partial charge is 0.483 e. The van der Waals surface area contributed by atoms with Crippen molar-refractivity contribution in [3.8, 4) is 11.5 Å². The summed E-state index contributed by atoms with van der Waals surface area (Å²) in [4.78, 5) is 11.9. The molecule has 6 atom stereocenters. The molecule has 9 heteroatoms. The molecule has 0 aliphatic carbocycles. The Kier molecular flexibility index (Phi) is 5.27. The van der Waals surface area contributed by atoms with Gasteiger partial charge in [0.1, 0.15) is 24.4 Å². The molecule has 4 N–H and O–H groups in total. The van der Waals surface area contributed by atoms with Crippen LogP contribution in [0.3, 0.4) is 0 Å². The number of aliphatic hydroxyl groups is 4. The van der Waals surface area contributed by atoms with Crippen molar-refractivity contribution in [2.75, 3.05) is 0 Å². The van der Waals surface area contributed by atoms with Crippen LogP contribution in [0.1, 0.15) is 32.8 Å². The van der Waals surface area contributed by atoms with E-state index in [-0.39, 0.29) is 17.1 Å². The minimum atomic E-state index is -1.55. The highest BCUT2D eigenvalue weighted by Crippen LogP contribution is 2.46. The molecule has 2 aliphatic rings. The maximum Gasteiger partial charge on any atom is 0.336 e. The minimum absolute atomic E-state index is 0.0365. The molecule has 0 unspecified atom stereocenters. The summed E-state index contributed by atoms with van der Waals surface area (Å²) >= 11 is 0. The molecular formula is C21H26O9. The molecule has 1 saturated heterocycles. The lowest BCUT2D eigenvalue weighted by Crippen LogP contribution is -2.58. The van der Waals surface area contributed by atoms with Gasteiger partial charge in [-0.25, -0.2) is 4.79 Å². The van der Waals surface area contributed by atoms with E-state index in [1.54, 1.807) is 32.9 Å². The van der Waals surface area contributed by atoms with Gasteiger partial charge in [0.15, 0.2) is 11.3 Å². The monoisotopic (exact) mass is 422 g/mol. The first-order chi connectivity index (χ1) is 14.1. The molecule has 3 heterocycles. The van der Waals surface area contributed by atoms with E-state index in [1.165, 1.54) is 6.07 Å². The van der Waals surface area contributed by atoms with Crippen molar-refractivity contribution in [1.29, 1.82) is 0 Å². The molecule has 1 aromatic carbocycles. The van der Waals surface area contributed by atoms with Gasteiger partial charge >= 0.3 is 5.63 Å². The first-order valence-corrected chi connectivity index (χ1v) is 9.95. The third kappa shape index (κ3) is 3.57. The fourth-order valence-corrected chi connectivity index (χ4v) is 3.85. The van der Waals surface area contributed by atoms with Crippen molar-refractivity contribution in [2.24, 2.45) is 0 Å². The molecule has 0 saturated carbocycles. The molecule has 164 valence electrons. The number of hydrogen-bond acceptors (Lipinski definition) is 9. The Bertz CT molecular complexity index is 990. The average molecular weight is 422 g/mol. The van der Waals surface area contributed by atoms with E-state index < -0.39 is 48.0 Å². The van der Waals surface area contributed by atoms with E-state index in [4.69, 9.17) is 18.6 Å². The zero-order chi connectivity index (χ0) is 21.8. The molecule has 2 aromatic rings. The highest BCUT2D eigenvalue weighted by molar-refractivity contribution is 5.87. The predicted molar refractivity (Wildman–Crippen MR) is 105 cm³/mol. The first kappa shape index (κ1) is 21.1. The number of aliphatic hydroxyl groups excluding tert-OH is 3. The normalized spacial score (nSPS) is 31.4. The van der Waals surface area contributed by atoms with E-state index >= 15 is 0 Å². The van der Waals surface area contributed by atoms with Crippen LogP contribution in [0.15, 0.2) is 27.4 Å². The number of hydrogen-bond donors (Lipinski definition) is 4. The minimum Gasteiger partial charge on any atom is -0.483 e. The van der Waals surface area contributed by atoms with E-state index in [0.29, 0.717) is 18.2 Å². The van der Waals surface area contributed by atoms with Gasteiger partial charge < -0.3 is 39.1 Å². The van der Waals surface area contributed by atoms with Crippen molar-refractivity contribution in [3.63, 3.8) is 0 Å². The van der Waals surface area contributed by atoms with Gasteiger partial charge in [-0.2, -0.15) is 0 Å². The number of ether oxygens (including phenoxy) is 3. The van der Waals surface area contributed by atoms with Crippen LogP contribution in [0.4, 0.5) is 0 Å². The van der Waals surface area contributed by atoms with Crippen molar-refractivity contribution in [1.82, 2.24) is 0 Å². The van der Waals surface area contributed by atoms with Crippen LogP contribution in [-0.2, 0) is 11.2 Å². The maximum absolute atomic E-state index is 11.9. The van der Waals surface area contributed by atoms with Gasteiger partial charge in [-0.05, 0) is 32.4 Å². The lowest BCUT2D eigenvalue weighted by atomic mass is 9.96. The molecule has 9 nitrogen and oxygen atoms in total. The molecule has 1 aromatic heterocycles. The molecule has 0 amide bonds. The summed E-state index contributed by atoms with van der Waals surface area (Å²) in [6.45, 7) is 5.02.